The Hall–Kier alpha value is -3.68. The number of fused-ring (bicyclic) bond motifs is 1. The van der Waals surface area contributed by atoms with E-state index in [1.165, 1.54) is 32.0 Å². The van der Waals surface area contributed by atoms with E-state index in [-0.39, 0.29) is 5.69 Å². The molecule has 29 heavy (non-hydrogen) atoms. The van der Waals surface area contributed by atoms with Gasteiger partial charge in [0.2, 0.25) is 0 Å². The zero-order valence-electron chi connectivity index (χ0n) is 15.7. The van der Waals surface area contributed by atoms with E-state index in [4.69, 9.17) is 9.47 Å². The van der Waals surface area contributed by atoms with E-state index in [2.05, 4.69) is 4.98 Å². The van der Waals surface area contributed by atoms with Gasteiger partial charge in [-0.25, -0.2) is 0 Å². The summed E-state index contributed by atoms with van der Waals surface area (Å²) in [6.07, 6.45) is 1.70. The molecule has 2 heterocycles. The first kappa shape index (κ1) is 18.7. The molecule has 2 aromatic carbocycles. The zero-order chi connectivity index (χ0) is 20.8. The van der Waals surface area contributed by atoms with Crippen molar-refractivity contribution < 1.29 is 24.0 Å². The van der Waals surface area contributed by atoms with Gasteiger partial charge in [0.05, 0.1) is 4.92 Å². The summed E-state index contributed by atoms with van der Waals surface area (Å²) in [5.41, 5.74) is 1.78. The molecule has 3 aromatic rings. The number of benzene rings is 2. The number of hydrogen-bond donors (Lipinski definition) is 1. The van der Waals surface area contributed by atoms with E-state index < -0.39 is 34.5 Å². The third-order valence-corrected chi connectivity index (χ3v) is 4.93. The Kier molecular flexibility index (Phi) is 4.34. The number of aromatic amines is 1. The number of nitro benzene ring substituents is 1. The van der Waals surface area contributed by atoms with Gasteiger partial charge in [0.15, 0.2) is 5.92 Å². The van der Waals surface area contributed by atoms with Gasteiger partial charge in [-0.05, 0) is 17.2 Å². The summed E-state index contributed by atoms with van der Waals surface area (Å²) in [6, 6.07) is 13.3. The number of para-hydroxylation sites is 1. The summed E-state index contributed by atoms with van der Waals surface area (Å²) in [5.74, 6) is -4.93. The maximum atomic E-state index is 12.8. The fourth-order valence-electron chi connectivity index (χ4n) is 3.74. The second-order valence-corrected chi connectivity index (χ2v) is 7.34. The number of ether oxygens (including phenoxy) is 2. The smallest absolute Gasteiger partial charge is 0.324 e. The second kappa shape index (κ2) is 6.73. The van der Waals surface area contributed by atoms with Crippen molar-refractivity contribution in [1.29, 1.82) is 0 Å². The van der Waals surface area contributed by atoms with Crippen LogP contribution in [-0.4, -0.2) is 27.6 Å². The summed E-state index contributed by atoms with van der Waals surface area (Å²) in [6.45, 7) is 2.96. The van der Waals surface area contributed by atoms with E-state index >= 15 is 0 Å². The third-order valence-electron chi connectivity index (χ3n) is 4.93. The van der Waals surface area contributed by atoms with E-state index in [9.17, 15) is 19.7 Å². The van der Waals surface area contributed by atoms with Crippen LogP contribution in [0.15, 0.2) is 54.7 Å². The Bertz CT molecular complexity index is 1110. The highest BCUT2D eigenvalue weighted by Crippen LogP contribution is 2.41. The summed E-state index contributed by atoms with van der Waals surface area (Å²) in [4.78, 5) is 39.5. The number of nitrogens with one attached hydrogen (secondary N) is 1. The SMILES string of the molecule is CC1(C)OC(=O)C([C@@H](c2cccc([N+](=O)[O-])c2)c2c[nH]c3ccccc23)C(=O)O1. The molecule has 1 fully saturated rings. The minimum absolute atomic E-state index is 0.134. The van der Waals surface area contributed by atoms with Crippen molar-refractivity contribution in [1.82, 2.24) is 4.98 Å². The fourth-order valence-corrected chi connectivity index (χ4v) is 3.74. The molecule has 4 rings (SSSR count). The third kappa shape index (κ3) is 3.33. The van der Waals surface area contributed by atoms with Crippen LogP contribution in [0.4, 0.5) is 5.69 Å². The van der Waals surface area contributed by atoms with Gasteiger partial charge in [0.25, 0.3) is 11.5 Å². The molecule has 8 nitrogen and oxygen atoms in total. The highest BCUT2D eigenvalue weighted by Gasteiger charge is 2.48. The number of nitrogens with zero attached hydrogens (tertiary/aromatic N) is 1. The number of cyclic esters (lactones) is 2. The van der Waals surface area contributed by atoms with Gasteiger partial charge in [-0.1, -0.05) is 30.3 Å². The van der Waals surface area contributed by atoms with Crippen LogP contribution in [0.25, 0.3) is 10.9 Å². The van der Waals surface area contributed by atoms with Gasteiger partial charge in [0.1, 0.15) is 0 Å². The number of non-ortho nitro benzene ring substituents is 1. The molecule has 1 aliphatic rings. The molecule has 0 aliphatic carbocycles. The highest BCUT2D eigenvalue weighted by molar-refractivity contribution is 5.99. The molecule has 1 aliphatic heterocycles. The number of rotatable bonds is 4. The van der Waals surface area contributed by atoms with Crippen LogP contribution < -0.4 is 0 Å². The summed E-state index contributed by atoms with van der Waals surface area (Å²) < 4.78 is 10.6. The molecule has 0 radical (unpaired) electrons. The second-order valence-electron chi connectivity index (χ2n) is 7.34. The Labute approximate surface area is 165 Å². The van der Waals surface area contributed by atoms with E-state index in [0.29, 0.717) is 11.1 Å². The van der Waals surface area contributed by atoms with E-state index in [1.54, 1.807) is 12.3 Å². The molecule has 0 bridgehead atoms. The van der Waals surface area contributed by atoms with Crippen molar-refractivity contribution in [3.63, 3.8) is 0 Å². The molecule has 0 saturated carbocycles. The number of carbonyl (C=O) groups is 2. The number of hydrogen-bond acceptors (Lipinski definition) is 6. The van der Waals surface area contributed by atoms with Crippen LogP contribution in [0, 0.1) is 16.0 Å². The average molecular weight is 394 g/mol. The molecular formula is C21H18N2O6. The lowest BCUT2D eigenvalue weighted by atomic mass is 9.80. The lowest BCUT2D eigenvalue weighted by Crippen LogP contribution is -2.48. The summed E-state index contributed by atoms with van der Waals surface area (Å²) >= 11 is 0. The maximum absolute atomic E-state index is 12.8. The first-order chi connectivity index (χ1) is 13.8. The first-order valence-electron chi connectivity index (χ1n) is 9.03. The van der Waals surface area contributed by atoms with Gasteiger partial charge in [-0.2, -0.15) is 0 Å². The minimum Gasteiger partial charge on any atom is -0.422 e. The van der Waals surface area contributed by atoms with Crippen LogP contribution in [0.5, 0.6) is 0 Å². The van der Waals surface area contributed by atoms with E-state index in [1.807, 2.05) is 24.3 Å². The molecule has 0 unspecified atom stereocenters. The normalized spacial score (nSPS) is 17.6. The number of nitro groups is 1. The van der Waals surface area contributed by atoms with Crippen LogP contribution >= 0.6 is 0 Å². The Balaban J connectivity index is 1.91. The van der Waals surface area contributed by atoms with Crippen molar-refractivity contribution in [2.75, 3.05) is 0 Å². The van der Waals surface area contributed by atoms with Crippen molar-refractivity contribution in [2.24, 2.45) is 5.92 Å². The molecular weight excluding hydrogens is 376 g/mol. The average Bonchev–Trinajstić information content (AvgIpc) is 3.07. The maximum Gasteiger partial charge on any atom is 0.324 e. The standard InChI is InChI=1S/C21H18N2O6/c1-21(2)28-19(24)18(20(25)29-21)17(12-6-5-7-13(10-12)23(26)27)15-11-22-16-9-4-3-8-14(15)16/h3-11,17-18,22H,1-2H3/t17-/m0/s1. The summed E-state index contributed by atoms with van der Waals surface area (Å²) in [7, 11) is 0. The Morgan fingerprint density at radius 3 is 2.45 bits per heavy atom. The topological polar surface area (TPSA) is 112 Å². The molecule has 148 valence electrons. The van der Waals surface area contributed by atoms with Crippen molar-refractivity contribution in [3.8, 4) is 0 Å². The van der Waals surface area contributed by atoms with Crippen molar-refractivity contribution in [3.05, 3.63) is 76.0 Å². The van der Waals surface area contributed by atoms with Gasteiger partial charge in [-0.3, -0.25) is 19.7 Å². The predicted octanol–water partition coefficient (Wildman–Crippen LogP) is 3.66. The Morgan fingerprint density at radius 2 is 1.76 bits per heavy atom. The van der Waals surface area contributed by atoms with Crippen LogP contribution in [-0.2, 0) is 19.1 Å². The molecule has 1 atom stereocenters. The van der Waals surface area contributed by atoms with Crippen LogP contribution in [0.2, 0.25) is 0 Å². The van der Waals surface area contributed by atoms with Crippen LogP contribution in [0.1, 0.15) is 30.9 Å². The lowest BCUT2D eigenvalue weighted by Gasteiger charge is -2.36. The quantitative estimate of drug-likeness (QED) is 0.313. The number of esters is 2. The Morgan fingerprint density at radius 1 is 1.07 bits per heavy atom. The monoisotopic (exact) mass is 394 g/mol. The molecule has 1 N–H and O–H groups in total. The largest absolute Gasteiger partial charge is 0.422 e. The predicted molar refractivity (Wildman–Crippen MR) is 103 cm³/mol. The summed E-state index contributed by atoms with van der Waals surface area (Å²) in [5, 5.41) is 12.1. The van der Waals surface area contributed by atoms with E-state index in [0.717, 1.165) is 10.9 Å². The van der Waals surface area contributed by atoms with Crippen molar-refractivity contribution in [2.45, 2.75) is 25.6 Å². The fraction of sp³-hybridized carbons (Fsp3) is 0.238. The molecule has 0 amide bonds. The van der Waals surface area contributed by atoms with Gasteiger partial charge in [0, 0.05) is 49.0 Å². The molecule has 0 spiro atoms. The van der Waals surface area contributed by atoms with Gasteiger partial charge >= 0.3 is 11.9 Å². The molecule has 8 heteroatoms. The van der Waals surface area contributed by atoms with Crippen molar-refractivity contribution >= 4 is 28.5 Å². The first-order valence-corrected chi connectivity index (χ1v) is 9.03. The van der Waals surface area contributed by atoms with Gasteiger partial charge in [-0.15, -0.1) is 0 Å². The number of carbonyl (C=O) groups excluding carboxylic acids is 2. The zero-order valence-corrected chi connectivity index (χ0v) is 15.7. The van der Waals surface area contributed by atoms with Gasteiger partial charge < -0.3 is 14.5 Å². The molecule has 1 aromatic heterocycles. The number of aromatic nitrogens is 1. The highest BCUT2D eigenvalue weighted by atomic mass is 16.7. The van der Waals surface area contributed by atoms with Crippen LogP contribution in [0.3, 0.4) is 0 Å². The minimum atomic E-state index is -1.36. The lowest BCUT2D eigenvalue weighted by molar-refractivity contribution is -0.384. The molecule has 1 saturated heterocycles. The number of H-pyrrole nitrogens is 1.